The SMILES string of the molecule is CCCCN(C)c1cnnc(Nc2ccc3c(c2)OCCO3)n1. The lowest BCUT2D eigenvalue weighted by molar-refractivity contribution is 0.171. The van der Waals surface area contributed by atoms with Crippen molar-refractivity contribution in [2.45, 2.75) is 19.8 Å². The van der Waals surface area contributed by atoms with E-state index < -0.39 is 0 Å². The Balaban J connectivity index is 1.72. The van der Waals surface area contributed by atoms with E-state index in [1.165, 1.54) is 0 Å². The second-order valence-corrected chi connectivity index (χ2v) is 5.40. The quantitative estimate of drug-likeness (QED) is 0.878. The van der Waals surface area contributed by atoms with Crippen LogP contribution in [0.1, 0.15) is 19.8 Å². The zero-order valence-corrected chi connectivity index (χ0v) is 13.5. The minimum absolute atomic E-state index is 0.461. The maximum atomic E-state index is 5.58. The summed E-state index contributed by atoms with van der Waals surface area (Å²) in [6.07, 6.45) is 3.93. The molecule has 0 saturated heterocycles. The maximum absolute atomic E-state index is 5.58. The first kappa shape index (κ1) is 15.3. The number of unbranched alkanes of at least 4 members (excludes halogenated alkanes) is 1. The van der Waals surface area contributed by atoms with E-state index in [2.05, 4.69) is 32.3 Å². The standard InChI is InChI=1S/C16H21N5O2/c1-3-4-7-21(2)15-11-17-20-16(19-15)18-12-5-6-13-14(10-12)23-9-8-22-13/h5-6,10-11H,3-4,7-9H2,1-2H3,(H,18,19,20). The van der Waals surface area contributed by atoms with Crippen LogP contribution >= 0.6 is 0 Å². The molecule has 1 aliphatic heterocycles. The van der Waals surface area contributed by atoms with Crippen molar-refractivity contribution in [2.75, 3.05) is 37.0 Å². The summed E-state index contributed by atoms with van der Waals surface area (Å²) in [6, 6.07) is 5.66. The van der Waals surface area contributed by atoms with Gasteiger partial charge in [0.05, 0.1) is 6.20 Å². The number of hydrogen-bond donors (Lipinski definition) is 1. The fourth-order valence-electron chi connectivity index (χ4n) is 2.29. The number of anilines is 3. The highest BCUT2D eigenvalue weighted by molar-refractivity contribution is 5.60. The van der Waals surface area contributed by atoms with Crippen LogP contribution in [0, 0.1) is 0 Å². The number of hydrogen-bond acceptors (Lipinski definition) is 7. The van der Waals surface area contributed by atoms with Gasteiger partial charge in [-0.3, -0.25) is 0 Å². The summed E-state index contributed by atoms with van der Waals surface area (Å²) in [6.45, 7) is 4.25. The van der Waals surface area contributed by atoms with Gasteiger partial charge in [-0.15, -0.1) is 5.10 Å². The lowest BCUT2D eigenvalue weighted by Gasteiger charge is -2.19. The Hall–Kier alpha value is -2.57. The summed E-state index contributed by atoms with van der Waals surface area (Å²) in [7, 11) is 2.01. The summed E-state index contributed by atoms with van der Waals surface area (Å²) >= 11 is 0. The monoisotopic (exact) mass is 315 g/mol. The maximum Gasteiger partial charge on any atom is 0.249 e. The molecule has 0 saturated carbocycles. The van der Waals surface area contributed by atoms with E-state index in [0.717, 1.165) is 42.4 Å². The molecule has 7 nitrogen and oxygen atoms in total. The average molecular weight is 315 g/mol. The van der Waals surface area contributed by atoms with Crippen molar-refractivity contribution in [3.05, 3.63) is 24.4 Å². The summed E-state index contributed by atoms with van der Waals surface area (Å²) < 4.78 is 11.1. The molecule has 0 aliphatic carbocycles. The number of fused-ring (bicyclic) bond motifs is 1. The third-order valence-electron chi connectivity index (χ3n) is 3.58. The van der Waals surface area contributed by atoms with Crippen LogP contribution in [0.2, 0.25) is 0 Å². The van der Waals surface area contributed by atoms with Gasteiger partial charge in [0.2, 0.25) is 5.95 Å². The van der Waals surface area contributed by atoms with Crippen LogP contribution in [-0.4, -0.2) is 42.0 Å². The van der Waals surface area contributed by atoms with Crippen LogP contribution < -0.4 is 19.7 Å². The average Bonchev–Trinajstić information content (AvgIpc) is 2.60. The van der Waals surface area contributed by atoms with E-state index in [1.54, 1.807) is 6.20 Å². The van der Waals surface area contributed by atoms with Crippen molar-refractivity contribution in [2.24, 2.45) is 0 Å². The Kier molecular flexibility index (Phi) is 4.75. The van der Waals surface area contributed by atoms with Gasteiger partial charge in [-0.2, -0.15) is 10.1 Å². The second kappa shape index (κ2) is 7.13. The lowest BCUT2D eigenvalue weighted by atomic mass is 10.2. The number of ether oxygens (including phenoxy) is 2. The number of nitrogens with one attached hydrogen (secondary N) is 1. The molecule has 2 aromatic rings. The Morgan fingerprint density at radius 1 is 1.22 bits per heavy atom. The topological polar surface area (TPSA) is 72.4 Å². The molecule has 1 aliphatic rings. The van der Waals surface area contributed by atoms with Crippen molar-refractivity contribution < 1.29 is 9.47 Å². The van der Waals surface area contributed by atoms with Crippen LogP contribution in [0.3, 0.4) is 0 Å². The van der Waals surface area contributed by atoms with E-state index in [9.17, 15) is 0 Å². The highest BCUT2D eigenvalue weighted by Crippen LogP contribution is 2.33. The number of nitrogens with zero attached hydrogens (tertiary/aromatic N) is 4. The van der Waals surface area contributed by atoms with Gasteiger partial charge in [0.25, 0.3) is 0 Å². The van der Waals surface area contributed by atoms with E-state index in [-0.39, 0.29) is 0 Å². The summed E-state index contributed by atoms with van der Waals surface area (Å²) in [5, 5.41) is 11.2. The molecule has 0 radical (unpaired) electrons. The highest BCUT2D eigenvalue weighted by Gasteiger charge is 2.12. The molecule has 0 bridgehead atoms. The van der Waals surface area contributed by atoms with Crippen LogP contribution in [-0.2, 0) is 0 Å². The first-order chi connectivity index (χ1) is 11.3. The molecule has 2 heterocycles. The molecule has 0 unspecified atom stereocenters. The van der Waals surface area contributed by atoms with Crippen LogP contribution in [0.15, 0.2) is 24.4 Å². The summed E-state index contributed by atoms with van der Waals surface area (Å²) in [5.41, 5.74) is 0.837. The highest BCUT2D eigenvalue weighted by atomic mass is 16.6. The molecule has 7 heteroatoms. The van der Waals surface area contributed by atoms with Crippen molar-refractivity contribution in [3.8, 4) is 11.5 Å². The second-order valence-electron chi connectivity index (χ2n) is 5.40. The van der Waals surface area contributed by atoms with Crippen LogP contribution in [0.25, 0.3) is 0 Å². The van der Waals surface area contributed by atoms with Gasteiger partial charge in [0, 0.05) is 25.3 Å². The molecular weight excluding hydrogens is 294 g/mol. The third-order valence-corrected chi connectivity index (χ3v) is 3.58. The Morgan fingerprint density at radius 2 is 2.04 bits per heavy atom. The summed E-state index contributed by atoms with van der Waals surface area (Å²) in [4.78, 5) is 6.58. The van der Waals surface area contributed by atoms with Crippen molar-refractivity contribution >= 4 is 17.5 Å². The minimum atomic E-state index is 0.461. The lowest BCUT2D eigenvalue weighted by Crippen LogP contribution is -2.20. The minimum Gasteiger partial charge on any atom is -0.486 e. The zero-order valence-electron chi connectivity index (χ0n) is 13.5. The van der Waals surface area contributed by atoms with Gasteiger partial charge in [-0.1, -0.05) is 13.3 Å². The van der Waals surface area contributed by atoms with Crippen molar-refractivity contribution in [1.29, 1.82) is 0 Å². The normalized spacial score (nSPS) is 12.8. The predicted octanol–water partition coefficient (Wildman–Crippen LogP) is 2.62. The van der Waals surface area contributed by atoms with Gasteiger partial charge in [-0.25, -0.2) is 0 Å². The fourth-order valence-corrected chi connectivity index (χ4v) is 2.29. The van der Waals surface area contributed by atoms with Crippen LogP contribution in [0.5, 0.6) is 11.5 Å². The van der Waals surface area contributed by atoms with Gasteiger partial charge in [0.1, 0.15) is 13.2 Å². The number of benzene rings is 1. The molecule has 1 N–H and O–H groups in total. The summed E-state index contributed by atoms with van der Waals surface area (Å²) in [5.74, 6) is 2.75. The zero-order chi connectivity index (χ0) is 16.1. The largest absolute Gasteiger partial charge is 0.486 e. The van der Waals surface area contributed by atoms with Crippen molar-refractivity contribution in [1.82, 2.24) is 15.2 Å². The molecule has 0 fully saturated rings. The van der Waals surface area contributed by atoms with Gasteiger partial charge in [-0.05, 0) is 18.6 Å². The molecular formula is C16H21N5O2. The van der Waals surface area contributed by atoms with E-state index in [1.807, 2.05) is 25.2 Å². The molecule has 0 amide bonds. The predicted molar refractivity (Wildman–Crippen MR) is 88.7 cm³/mol. The Bertz CT molecular complexity index is 665. The fraction of sp³-hybridized carbons (Fsp3) is 0.438. The van der Waals surface area contributed by atoms with Gasteiger partial charge < -0.3 is 19.7 Å². The first-order valence-electron chi connectivity index (χ1n) is 7.84. The van der Waals surface area contributed by atoms with Gasteiger partial charge in [0.15, 0.2) is 17.3 Å². The molecule has 122 valence electrons. The first-order valence-corrected chi connectivity index (χ1v) is 7.84. The van der Waals surface area contributed by atoms with E-state index >= 15 is 0 Å². The third kappa shape index (κ3) is 3.80. The molecule has 3 rings (SSSR count). The molecule has 0 atom stereocenters. The van der Waals surface area contributed by atoms with Gasteiger partial charge >= 0.3 is 0 Å². The van der Waals surface area contributed by atoms with E-state index in [4.69, 9.17) is 9.47 Å². The Labute approximate surface area is 135 Å². The molecule has 23 heavy (non-hydrogen) atoms. The molecule has 1 aromatic carbocycles. The number of aromatic nitrogens is 3. The van der Waals surface area contributed by atoms with Crippen LogP contribution in [0.4, 0.5) is 17.5 Å². The smallest absolute Gasteiger partial charge is 0.249 e. The van der Waals surface area contributed by atoms with E-state index in [0.29, 0.717) is 19.2 Å². The van der Waals surface area contributed by atoms with Crippen molar-refractivity contribution in [3.63, 3.8) is 0 Å². The number of rotatable bonds is 6. The Morgan fingerprint density at radius 3 is 2.87 bits per heavy atom. The molecule has 0 spiro atoms. The molecule has 1 aromatic heterocycles.